The third-order valence-electron chi connectivity index (χ3n) is 6.23. The zero-order chi connectivity index (χ0) is 18.6. The predicted octanol–water partition coefficient (Wildman–Crippen LogP) is 3.60. The smallest absolute Gasteiger partial charge is 0.263 e. The van der Waals surface area contributed by atoms with E-state index in [2.05, 4.69) is 20.6 Å². The second-order valence-electron chi connectivity index (χ2n) is 8.21. The highest BCUT2D eigenvalue weighted by Crippen LogP contribution is 2.55. The molecule has 4 aliphatic rings. The van der Waals surface area contributed by atoms with Crippen molar-refractivity contribution >= 4 is 39.8 Å². The van der Waals surface area contributed by atoms with Crippen molar-refractivity contribution in [3.63, 3.8) is 0 Å². The van der Waals surface area contributed by atoms with Gasteiger partial charge in [0.1, 0.15) is 10.7 Å². The molecule has 0 aromatic carbocycles. The number of rotatable bonds is 4. The molecule has 3 N–H and O–H groups in total. The van der Waals surface area contributed by atoms with Gasteiger partial charge in [-0.05, 0) is 62.0 Å². The van der Waals surface area contributed by atoms with Crippen LogP contribution in [0.25, 0.3) is 0 Å². The summed E-state index contributed by atoms with van der Waals surface area (Å²) < 4.78 is 0. The van der Waals surface area contributed by atoms with Gasteiger partial charge in [-0.1, -0.05) is 22.9 Å². The molecule has 2 aromatic rings. The number of pyridine rings is 1. The molecule has 0 radical (unpaired) electrons. The molecule has 1 amide bonds. The Morgan fingerprint density at radius 1 is 1.19 bits per heavy atom. The first-order valence-electron chi connectivity index (χ1n) is 9.35. The minimum atomic E-state index is -0.481. The lowest BCUT2D eigenvalue weighted by Crippen LogP contribution is -2.61. The maximum absolute atomic E-state index is 12.8. The Labute approximate surface area is 166 Å². The molecular formula is C19H21ClN4O2S. The van der Waals surface area contributed by atoms with Gasteiger partial charge in [0.2, 0.25) is 0 Å². The maximum Gasteiger partial charge on any atom is 0.263 e. The van der Waals surface area contributed by atoms with Crippen LogP contribution >= 0.6 is 22.9 Å². The molecule has 4 fully saturated rings. The largest absolute Gasteiger partial charge is 0.390 e. The molecule has 6 rings (SSSR count). The zero-order valence-electron chi connectivity index (χ0n) is 14.7. The number of hydrogen-bond donors (Lipinski definition) is 3. The molecule has 0 aliphatic heterocycles. The number of amides is 1. The standard InChI is InChI=1S/C19H21ClN4O2S/c20-13-1-2-15(21-8-13)23-18-22-9-14(27-18)17(25)24-16-11-3-10-4-12(16)7-19(26,5-10)6-11/h1-2,8-12,16,26H,3-7H2,(H,24,25)(H,21,22,23)/t10?,11?,12?,16-,19-. The molecule has 4 bridgehead atoms. The summed E-state index contributed by atoms with van der Waals surface area (Å²) in [5, 5.41) is 18.2. The Balaban J connectivity index is 1.26. The predicted molar refractivity (Wildman–Crippen MR) is 104 cm³/mol. The summed E-state index contributed by atoms with van der Waals surface area (Å²) in [7, 11) is 0. The lowest BCUT2D eigenvalue weighted by Gasteiger charge is -2.58. The number of aliphatic hydroxyl groups is 1. The highest BCUT2D eigenvalue weighted by atomic mass is 35.5. The van der Waals surface area contributed by atoms with E-state index in [0.717, 1.165) is 32.1 Å². The average Bonchev–Trinajstić information content (AvgIpc) is 3.07. The monoisotopic (exact) mass is 404 g/mol. The normalized spacial score (nSPS) is 33.9. The number of hydrogen-bond acceptors (Lipinski definition) is 6. The van der Waals surface area contributed by atoms with Gasteiger partial charge in [-0.2, -0.15) is 0 Å². The summed E-state index contributed by atoms with van der Waals surface area (Å²) in [6.07, 6.45) is 8.00. The molecule has 0 saturated heterocycles. The van der Waals surface area contributed by atoms with E-state index < -0.39 is 5.60 Å². The molecule has 8 heteroatoms. The van der Waals surface area contributed by atoms with Crippen LogP contribution in [0.5, 0.6) is 0 Å². The Kier molecular flexibility index (Phi) is 4.14. The highest BCUT2D eigenvalue weighted by molar-refractivity contribution is 7.17. The van der Waals surface area contributed by atoms with Gasteiger partial charge in [0, 0.05) is 12.2 Å². The van der Waals surface area contributed by atoms with Crippen LogP contribution < -0.4 is 10.6 Å². The van der Waals surface area contributed by atoms with Crippen molar-refractivity contribution in [3.8, 4) is 0 Å². The zero-order valence-corrected chi connectivity index (χ0v) is 16.3. The Bertz CT molecular complexity index is 855. The van der Waals surface area contributed by atoms with E-state index >= 15 is 0 Å². The van der Waals surface area contributed by atoms with Crippen LogP contribution in [-0.4, -0.2) is 32.6 Å². The van der Waals surface area contributed by atoms with Crippen LogP contribution in [0.3, 0.4) is 0 Å². The van der Waals surface area contributed by atoms with Gasteiger partial charge in [-0.25, -0.2) is 9.97 Å². The van der Waals surface area contributed by atoms with Gasteiger partial charge < -0.3 is 15.7 Å². The van der Waals surface area contributed by atoms with Crippen molar-refractivity contribution in [2.45, 2.75) is 43.7 Å². The third kappa shape index (κ3) is 3.32. The van der Waals surface area contributed by atoms with Crippen LogP contribution in [0.1, 0.15) is 41.8 Å². The molecule has 2 unspecified atom stereocenters. The lowest BCUT2D eigenvalue weighted by atomic mass is 9.52. The summed E-state index contributed by atoms with van der Waals surface area (Å²) in [4.78, 5) is 21.8. The fourth-order valence-corrected chi connectivity index (χ4v) is 6.27. The average molecular weight is 405 g/mol. The lowest BCUT2D eigenvalue weighted by molar-refractivity contribution is -0.136. The van der Waals surface area contributed by atoms with E-state index in [1.807, 2.05) is 0 Å². The van der Waals surface area contributed by atoms with Crippen LogP contribution in [0.15, 0.2) is 24.5 Å². The number of aromatic nitrogens is 2. The molecule has 4 saturated carbocycles. The number of thiazole rings is 1. The topological polar surface area (TPSA) is 87.1 Å². The third-order valence-corrected chi connectivity index (χ3v) is 7.37. The van der Waals surface area contributed by atoms with Crippen molar-refractivity contribution < 1.29 is 9.90 Å². The first kappa shape index (κ1) is 17.4. The fourth-order valence-electron chi connectivity index (χ4n) is 5.44. The molecule has 2 atom stereocenters. The number of nitrogens with zero attached hydrogens (tertiary/aromatic N) is 2. The van der Waals surface area contributed by atoms with Gasteiger partial charge in [-0.3, -0.25) is 4.79 Å². The first-order chi connectivity index (χ1) is 13.0. The summed E-state index contributed by atoms with van der Waals surface area (Å²) in [5.41, 5.74) is -0.481. The number of halogens is 1. The van der Waals surface area contributed by atoms with Crippen molar-refractivity contribution in [3.05, 3.63) is 34.4 Å². The Morgan fingerprint density at radius 2 is 1.96 bits per heavy atom. The number of carbonyl (C=O) groups excluding carboxylic acids is 1. The van der Waals surface area contributed by atoms with Crippen molar-refractivity contribution in [2.75, 3.05) is 5.32 Å². The first-order valence-corrected chi connectivity index (χ1v) is 10.5. The van der Waals surface area contributed by atoms with Crippen LogP contribution in [0, 0.1) is 17.8 Å². The van der Waals surface area contributed by atoms with E-state index in [1.165, 1.54) is 11.3 Å². The molecular weight excluding hydrogens is 384 g/mol. The molecule has 0 spiro atoms. The van der Waals surface area contributed by atoms with Crippen molar-refractivity contribution in [1.29, 1.82) is 0 Å². The van der Waals surface area contributed by atoms with E-state index in [9.17, 15) is 9.90 Å². The quantitative estimate of drug-likeness (QED) is 0.724. The van der Waals surface area contributed by atoms with Gasteiger partial charge in [0.05, 0.1) is 16.8 Å². The fraction of sp³-hybridized carbons (Fsp3) is 0.526. The Hall–Kier alpha value is -1.70. The van der Waals surface area contributed by atoms with Crippen LogP contribution in [0.2, 0.25) is 5.02 Å². The van der Waals surface area contributed by atoms with E-state index in [-0.39, 0.29) is 11.9 Å². The van der Waals surface area contributed by atoms with E-state index in [0.29, 0.717) is 38.6 Å². The second-order valence-corrected chi connectivity index (χ2v) is 9.68. The van der Waals surface area contributed by atoms with Crippen molar-refractivity contribution in [2.24, 2.45) is 17.8 Å². The molecule has 27 heavy (non-hydrogen) atoms. The highest BCUT2D eigenvalue weighted by Gasteiger charge is 2.55. The molecule has 2 aromatic heterocycles. The van der Waals surface area contributed by atoms with Gasteiger partial charge >= 0.3 is 0 Å². The van der Waals surface area contributed by atoms with Gasteiger partial charge in [0.15, 0.2) is 5.13 Å². The van der Waals surface area contributed by atoms with Crippen molar-refractivity contribution in [1.82, 2.24) is 15.3 Å². The number of anilines is 2. The van der Waals surface area contributed by atoms with Crippen LogP contribution in [-0.2, 0) is 0 Å². The Morgan fingerprint density at radius 3 is 2.63 bits per heavy atom. The maximum atomic E-state index is 12.8. The van der Waals surface area contributed by atoms with E-state index in [1.54, 1.807) is 24.5 Å². The summed E-state index contributed by atoms with van der Waals surface area (Å²) in [6.45, 7) is 0. The molecule has 6 nitrogen and oxygen atoms in total. The number of nitrogens with one attached hydrogen (secondary N) is 2. The van der Waals surface area contributed by atoms with Gasteiger partial charge in [-0.15, -0.1) is 0 Å². The SMILES string of the molecule is O=C(N[C@H]1C2CC3CC1C[C@](O)(C3)C2)c1cnc(Nc2ccc(Cl)cn2)s1. The van der Waals surface area contributed by atoms with Crippen LogP contribution in [0.4, 0.5) is 10.9 Å². The van der Waals surface area contributed by atoms with Gasteiger partial charge in [0.25, 0.3) is 5.91 Å². The summed E-state index contributed by atoms with van der Waals surface area (Å²) >= 11 is 7.15. The summed E-state index contributed by atoms with van der Waals surface area (Å²) in [6, 6.07) is 3.69. The molecule has 2 heterocycles. The number of carbonyl (C=O) groups is 1. The second kappa shape index (κ2) is 6.43. The molecule has 4 aliphatic carbocycles. The van der Waals surface area contributed by atoms with E-state index in [4.69, 9.17) is 11.6 Å². The molecule has 142 valence electrons. The minimum absolute atomic E-state index is 0.0749. The summed E-state index contributed by atoms with van der Waals surface area (Å²) in [5.74, 6) is 1.98. The minimum Gasteiger partial charge on any atom is -0.390 e.